The fourth-order valence-corrected chi connectivity index (χ4v) is 3.39. The first-order valence-electron chi connectivity index (χ1n) is 8.60. The zero-order valence-corrected chi connectivity index (χ0v) is 15.6. The van der Waals surface area contributed by atoms with Gasteiger partial charge in [0.25, 0.3) is 0 Å². The number of Topliss-reactive ketones (excluding diaryl/α,β-unsaturated/α-hetero) is 1. The second-order valence-corrected chi connectivity index (χ2v) is 7.01. The first-order chi connectivity index (χ1) is 11.9. The van der Waals surface area contributed by atoms with E-state index in [2.05, 4.69) is 9.88 Å². The van der Waals surface area contributed by atoms with E-state index >= 15 is 0 Å². The monoisotopic (exact) mass is 358 g/mol. The molecule has 2 heterocycles. The molecule has 1 aromatic carbocycles. The summed E-state index contributed by atoms with van der Waals surface area (Å²) in [5, 5.41) is 0.716. The first kappa shape index (κ1) is 17.7. The van der Waals surface area contributed by atoms with Crippen molar-refractivity contribution in [2.24, 2.45) is 0 Å². The van der Waals surface area contributed by atoms with Crippen LogP contribution in [0.3, 0.4) is 0 Å². The van der Waals surface area contributed by atoms with Gasteiger partial charge in [0.15, 0.2) is 5.78 Å². The molecule has 1 fully saturated rings. The molecule has 0 aliphatic carbocycles. The van der Waals surface area contributed by atoms with Crippen molar-refractivity contribution in [3.63, 3.8) is 0 Å². The number of aromatic nitrogens is 1. The van der Waals surface area contributed by atoms with Crippen LogP contribution in [0.5, 0.6) is 5.75 Å². The summed E-state index contributed by atoms with van der Waals surface area (Å²) in [6.07, 6.45) is 2.09. The van der Waals surface area contributed by atoms with Gasteiger partial charge in [-0.25, -0.2) is 4.98 Å². The Hall–Kier alpha value is -2.07. The zero-order chi connectivity index (χ0) is 18.0. The molecule has 0 unspecified atom stereocenters. The van der Waals surface area contributed by atoms with Gasteiger partial charge in [0, 0.05) is 36.5 Å². The summed E-state index contributed by atoms with van der Waals surface area (Å²) in [4.78, 5) is 18.6. The highest BCUT2D eigenvalue weighted by Gasteiger charge is 2.23. The quantitative estimate of drug-likeness (QED) is 0.749. The average molecular weight is 359 g/mol. The maximum atomic E-state index is 11.7. The summed E-state index contributed by atoms with van der Waals surface area (Å²) in [6.45, 7) is 7.29. The van der Waals surface area contributed by atoms with Gasteiger partial charge < -0.3 is 9.64 Å². The SMILES string of the molecule is CC(=O)c1cc(C)c(N2CCC(Oc3ccc(Cl)cc3)CC2)nc1C. The Balaban J connectivity index is 1.65. The molecule has 1 saturated heterocycles. The number of hydrogen-bond acceptors (Lipinski definition) is 4. The maximum absolute atomic E-state index is 11.7. The zero-order valence-electron chi connectivity index (χ0n) is 14.9. The van der Waals surface area contributed by atoms with E-state index in [1.165, 1.54) is 0 Å². The van der Waals surface area contributed by atoms with Gasteiger partial charge in [0.2, 0.25) is 0 Å². The predicted octanol–water partition coefficient (Wildman–Crippen LogP) is 4.60. The molecule has 0 bridgehead atoms. The number of piperidine rings is 1. The summed E-state index contributed by atoms with van der Waals surface area (Å²) >= 11 is 5.91. The smallest absolute Gasteiger partial charge is 0.161 e. The Bertz CT molecular complexity index is 766. The Kier molecular flexibility index (Phi) is 5.28. The molecule has 25 heavy (non-hydrogen) atoms. The van der Waals surface area contributed by atoms with Crippen LogP contribution < -0.4 is 9.64 Å². The lowest BCUT2D eigenvalue weighted by molar-refractivity contribution is 0.101. The molecule has 1 aliphatic heterocycles. The van der Waals surface area contributed by atoms with Crippen LogP contribution in [-0.2, 0) is 0 Å². The Labute approximate surface area is 153 Å². The van der Waals surface area contributed by atoms with Crippen molar-refractivity contribution in [1.82, 2.24) is 4.98 Å². The number of carbonyl (C=O) groups excluding carboxylic acids is 1. The average Bonchev–Trinajstić information content (AvgIpc) is 2.59. The highest BCUT2D eigenvalue weighted by Crippen LogP contribution is 2.26. The summed E-state index contributed by atoms with van der Waals surface area (Å²) in [6, 6.07) is 9.46. The van der Waals surface area contributed by atoms with E-state index in [4.69, 9.17) is 16.3 Å². The number of benzene rings is 1. The molecule has 5 heteroatoms. The Morgan fingerprint density at radius 2 is 1.84 bits per heavy atom. The summed E-state index contributed by atoms with van der Waals surface area (Å²) in [5.74, 6) is 1.90. The van der Waals surface area contributed by atoms with Crippen LogP contribution >= 0.6 is 11.6 Å². The second kappa shape index (κ2) is 7.44. The minimum absolute atomic E-state index is 0.0646. The molecule has 0 saturated carbocycles. The first-order valence-corrected chi connectivity index (χ1v) is 8.98. The number of ether oxygens (including phenoxy) is 1. The van der Waals surface area contributed by atoms with Gasteiger partial charge in [-0.05, 0) is 56.7 Å². The number of pyridine rings is 1. The van der Waals surface area contributed by atoms with Gasteiger partial charge in [0.1, 0.15) is 17.7 Å². The van der Waals surface area contributed by atoms with E-state index in [1.807, 2.05) is 44.2 Å². The lowest BCUT2D eigenvalue weighted by atomic mass is 10.0. The minimum atomic E-state index is 0.0646. The lowest BCUT2D eigenvalue weighted by Gasteiger charge is -2.34. The van der Waals surface area contributed by atoms with Crippen LogP contribution in [0.1, 0.15) is 41.4 Å². The normalized spacial score (nSPS) is 15.3. The molecule has 0 spiro atoms. The van der Waals surface area contributed by atoms with E-state index in [0.29, 0.717) is 10.6 Å². The summed E-state index contributed by atoms with van der Waals surface area (Å²) in [7, 11) is 0. The molecular formula is C20H23ClN2O2. The fraction of sp³-hybridized carbons (Fsp3) is 0.400. The molecule has 132 valence electrons. The van der Waals surface area contributed by atoms with E-state index in [1.54, 1.807) is 6.92 Å². The van der Waals surface area contributed by atoms with Gasteiger partial charge in [-0.2, -0.15) is 0 Å². The number of nitrogens with zero attached hydrogens (tertiary/aromatic N) is 2. The van der Waals surface area contributed by atoms with Gasteiger partial charge in [-0.15, -0.1) is 0 Å². The van der Waals surface area contributed by atoms with Crippen molar-refractivity contribution < 1.29 is 9.53 Å². The molecule has 0 amide bonds. The van der Waals surface area contributed by atoms with Gasteiger partial charge >= 0.3 is 0 Å². The summed E-state index contributed by atoms with van der Waals surface area (Å²) < 4.78 is 6.05. The summed E-state index contributed by atoms with van der Waals surface area (Å²) in [5.41, 5.74) is 2.56. The van der Waals surface area contributed by atoms with Crippen LogP contribution in [0.15, 0.2) is 30.3 Å². The molecule has 0 radical (unpaired) electrons. The van der Waals surface area contributed by atoms with Gasteiger partial charge in [-0.3, -0.25) is 4.79 Å². The van der Waals surface area contributed by atoms with Crippen molar-refractivity contribution in [2.75, 3.05) is 18.0 Å². The van der Waals surface area contributed by atoms with Crippen molar-refractivity contribution in [3.05, 3.63) is 52.2 Å². The van der Waals surface area contributed by atoms with Crippen molar-refractivity contribution in [3.8, 4) is 5.75 Å². The lowest BCUT2D eigenvalue weighted by Crippen LogP contribution is -2.39. The van der Waals surface area contributed by atoms with Crippen LogP contribution in [0.25, 0.3) is 0 Å². The van der Waals surface area contributed by atoms with E-state index in [9.17, 15) is 4.79 Å². The van der Waals surface area contributed by atoms with Crippen molar-refractivity contribution in [2.45, 2.75) is 39.7 Å². The van der Waals surface area contributed by atoms with Crippen LogP contribution in [0.4, 0.5) is 5.82 Å². The number of aryl methyl sites for hydroxylation is 2. The highest BCUT2D eigenvalue weighted by atomic mass is 35.5. The van der Waals surface area contributed by atoms with Crippen LogP contribution in [0.2, 0.25) is 5.02 Å². The van der Waals surface area contributed by atoms with E-state index in [0.717, 1.165) is 48.8 Å². The van der Waals surface area contributed by atoms with E-state index < -0.39 is 0 Å². The number of hydrogen-bond donors (Lipinski definition) is 0. The molecular weight excluding hydrogens is 336 g/mol. The number of carbonyl (C=O) groups is 1. The second-order valence-electron chi connectivity index (χ2n) is 6.58. The number of ketones is 1. The molecule has 4 nitrogen and oxygen atoms in total. The third-order valence-corrected chi connectivity index (χ3v) is 4.87. The molecule has 0 atom stereocenters. The maximum Gasteiger partial charge on any atom is 0.161 e. The number of rotatable bonds is 4. The fourth-order valence-electron chi connectivity index (χ4n) is 3.26. The van der Waals surface area contributed by atoms with Gasteiger partial charge in [-0.1, -0.05) is 11.6 Å². The van der Waals surface area contributed by atoms with Crippen LogP contribution in [0, 0.1) is 13.8 Å². The third-order valence-electron chi connectivity index (χ3n) is 4.61. The Morgan fingerprint density at radius 1 is 1.20 bits per heavy atom. The predicted molar refractivity (Wildman–Crippen MR) is 101 cm³/mol. The number of halogens is 1. The minimum Gasteiger partial charge on any atom is -0.490 e. The molecule has 1 aromatic heterocycles. The highest BCUT2D eigenvalue weighted by molar-refractivity contribution is 6.30. The molecule has 1 aliphatic rings. The molecule has 3 rings (SSSR count). The largest absolute Gasteiger partial charge is 0.490 e. The van der Waals surface area contributed by atoms with E-state index in [-0.39, 0.29) is 11.9 Å². The third kappa shape index (κ3) is 4.13. The van der Waals surface area contributed by atoms with Crippen molar-refractivity contribution >= 4 is 23.2 Å². The number of anilines is 1. The Morgan fingerprint density at radius 3 is 2.44 bits per heavy atom. The standard InChI is InChI=1S/C20H23ClN2O2/c1-13-12-19(15(3)24)14(2)22-20(13)23-10-8-18(9-11-23)25-17-6-4-16(21)5-7-17/h4-7,12,18H,8-11H2,1-3H3. The molecule has 0 N–H and O–H groups in total. The van der Waals surface area contributed by atoms with Gasteiger partial charge in [0.05, 0.1) is 5.69 Å². The van der Waals surface area contributed by atoms with Crippen LogP contribution in [-0.4, -0.2) is 30.0 Å². The molecule has 2 aromatic rings. The topological polar surface area (TPSA) is 42.4 Å². The van der Waals surface area contributed by atoms with Crippen molar-refractivity contribution in [1.29, 1.82) is 0 Å².